The van der Waals surface area contributed by atoms with Gasteiger partial charge in [0.2, 0.25) is 0 Å². The van der Waals surface area contributed by atoms with Gasteiger partial charge in [0.25, 0.3) is 0 Å². The van der Waals surface area contributed by atoms with Crippen LogP contribution in [-0.4, -0.2) is 19.6 Å². The highest BCUT2D eigenvalue weighted by molar-refractivity contribution is 8.03. The average Bonchev–Trinajstić information content (AvgIpc) is 1.82. The Balaban J connectivity index is 2.74. The van der Waals surface area contributed by atoms with Crippen molar-refractivity contribution in [1.82, 2.24) is 0 Å². The molecule has 1 aliphatic rings. The molecule has 0 spiro atoms. The van der Waals surface area contributed by atoms with Gasteiger partial charge in [-0.1, -0.05) is 6.92 Å². The lowest BCUT2D eigenvalue weighted by Crippen LogP contribution is -2.44. The maximum Gasteiger partial charge on any atom is 0.334 e. The third-order valence-corrected chi connectivity index (χ3v) is 2.36. The van der Waals surface area contributed by atoms with Crippen molar-refractivity contribution in [3.63, 3.8) is 0 Å². The fourth-order valence-electron chi connectivity index (χ4n) is 0.592. The molecule has 0 N–H and O–H groups in total. The number of rotatable bonds is 1. The fraction of sp³-hybridized carbons (Fsp3) is 0.750. The van der Waals surface area contributed by atoms with Crippen LogP contribution >= 0.6 is 0 Å². The lowest BCUT2D eigenvalue weighted by molar-refractivity contribution is -0.124. The van der Waals surface area contributed by atoms with Crippen LogP contribution in [0.15, 0.2) is 0 Å². The van der Waals surface area contributed by atoms with Crippen molar-refractivity contribution in [2.24, 2.45) is 0 Å². The van der Waals surface area contributed by atoms with Gasteiger partial charge >= 0.3 is 15.2 Å². The molecule has 1 unspecified atom stereocenters. The van der Waals surface area contributed by atoms with Crippen LogP contribution < -0.4 is 0 Å². The summed E-state index contributed by atoms with van der Waals surface area (Å²) in [5.74, 6) is 0. The highest BCUT2D eigenvalue weighted by Gasteiger charge is 2.45. The van der Waals surface area contributed by atoms with Gasteiger partial charge < -0.3 is 0 Å². The Morgan fingerprint density at radius 3 is 2.33 bits per heavy atom. The highest BCUT2D eigenvalue weighted by Crippen LogP contribution is 2.19. The van der Waals surface area contributed by atoms with E-state index in [0.717, 1.165) is 0 Å². The molecule has 0 aromatic heterocycles. The van der Waals surface area contributed by atoms with Crippen LogP contribution in [0.1, 0.15) is 13.3 Å². The van der Waals surface area contributed by atoms with Crippen LogP contribution in [0.4, 0.5) is 0 Å². The van der Waals surface area contributed by atoms with Gasteiger partial charge in [0, 0.05) is 0 Å². The number of carbonyl (C=O) groups is 1. The molecule has 5 heteroatoms. The molecule has 1 saturated heterocycles. The first-order valence-corrected chi connectivity index (χ1v) is 3.96. The monoisotopic (exact) mass is 150 g/mol. The first-order chi connectivity index (χ1) is 4.08. The normalized spacial score (nSPS) is 31.7. The van der Waals surface area contributed by atoms with E-state index in [1.165, 1.54) is 0 Å². The summed E-state index contributed by atoms with van der Waals surface area (Å²) >= 11 is 0. The van der Waals surface area contributed by atoms with Crippen LogP contribution in [0.3, 0.4) is 0 Å². The first kappa shape index (κ1) is 6.70. The predicted molar refractivity (Wildman–Crippen MR) is 29.1 cm³/mol. The van der Waals surface area contributed by atoms with E-state index in [0.29, 0.717) is 6.42 Å². The second-order valence-corrected chi connectivity index (χ2v) is 3.27. The summed E-state index contributed by atoms with van der Waals surface area (Å²) in [7, 11) is -3.76. The molecule has 0 radical (unpaired) electrons. The smallest absolute Gasteiger partial charge is 0.276 e. The molecule has 0 aromatic carbocycles. The van der Waals surface area contributed by atoms with Crippen LogP contribution in [-0.2, 0) is 19.1 Å². The Hall–Kier alpha value is -0.420. The summed E-state index contributed by atoms with van der Waals surface area (Å²) in [4.78, 5) is 10.4. The lowest BCUT2D eigenvalue weighted by atomic mass is 10.3. The van der Waals surface area contributed by atoms with E-state index in [2.05, 4.69) is 4.18 Å². The van der Waals surface area contributed by atoms with E-state index in [4.69, 9.17) is 0 Å². The molecule has 52 valence electrons. The summed E-state index contributed by atoms with van der Waals surface area (Å²) in [6, 6.07) is 0. The van der Waals surface area contributed by atoms with Gasteiger partial charge in [0.1, 0.15) is 0 Å². The van der Waals surface area contributed by atoms with Crippen molar-refractivity contribution in [2.45, 2.75) is 19.4 Å². The molecule has 0 aliphatic carbocycles. The van der Waals surface area contributed by atoms with Gasteiger partial charge in [-0.15, -0.1) is 0 Å². The third kappa shape index (κ3) is 0.859. The molecule has 1 aliphatic heterocycles. The Bertz CT molecular complexity index is 227. The molecule has 1 heterocycles. The molecule has 0 saturated carbocycles. The topological polar surface area (TPSA) is 60.4 Å². The van der Waals surface area contributed by atoms with Gasteiger partial charge in [0.15, 0.2) is 6.10 Å². The maximum atomic E-state index is 10.4. The van der Waals surface area contributed by atoms with E-state index in [-0.39, 0.29) is 0 Å². The molecular weight excluding hydrogens is 144 g/mol. The highest BCUT2D eigenvalue weighted by atomic mass is 32.2. The summed E-state index contributed by atoms with van der Waals surface area (Å²) in [5.41, 5.74) is 0. The van der Waals surface area contributed by atoms with Crippen LogP contribution in [0.2, 0.25) is 0 Å². The summed E-state index contributed by atoms with van der Waals surface area (Å²) in [6.07, 6.45) is -0.270. The Morgan fingerprint density at radius 2 is 2.22 bits per heavy atom. The van der Waals surface area contributed by atoms with Crippen LogP contribution in [0, 0.1) is 0 Å². The van der Waals surface area contributed by atoms with E-state index in [1.807, 2.05) is 0 Å². The molecular formula is C4H6O4S. The van der Waals surface area contributed by atoms with Gasteiger partial charge in [-0.3, -0.25) is 8.98 Å². The second kappa shape index (κ2) is 1.78. The molecule has 4 nitrogen and oxygen atoms in total. The fourth-order valence-corrected chi connectivity index (χ4v) is 1.61. The molecule has 1 atom stereocenters. The van der Waals surface area contributed by atoms with E-state index in [1.54, 1.807) is 6.92 Å². The minimum Gasteiger partial charge on any atom is -0.276 e. The van der Waals surface area contributed by atoms with Crippen molar-refractivity contribution < 1.29 is 17.4 Å². The molecule has 0 aromatic rings. The molecule has 9 heavy (non-hydrogen) atoms. The second-order valence-electron chi connectivity index (χ2n) is 1.77. The lowest BCUT2D eigenvalue weighted by Gasteiger charge is -2.21. The first-order valence-electron chi connectivity index (χ1n) is 2.55. The third-order valence-electron chi connectivity index (χ3n) is 1.12. The molecule has 0 bridgehead atoms. The van der Waals surface area contributed by atoms with Crippen molar-refractivity contribution in [2.75, 3.05) is 0 Å². The number of hydrogen-bond donors (Lipinski definition) is 0. The minimum absolute atomic E-state index is 0.429. The Labute approximate surface area is 52.9 Å². The van der Waals surface area contributed by atoms with Crippen molar-refractivity contribution >= 4 is 15.2 Å². The zero-order valence-corrected chi connectivity index (χ0v) is 5.64. The van der Waals surface area contributed by atoms with Gasteiger partial charge in [-0.05, 0) is 6.42 Å². The zero-order valence-electron chi connectivity index (χ0n) is 4.83. The van der Waals surface area contributed by atoms with Crippen molar-refractivity contribution in [3.05, 3.63) is 0 Å². The van der Waals surface area contributed by atoms with Crippen LogP contribution in [0.5, 0.6) is 0 Å². The van der Waals surface area contributed by atoms with Crippen LogP contribution in [0.25, 0.3) is 0 Å². The maximum absolute atomic E-state index is 10.4. The quantitative estimate of drug-likeness (QED) is 0.479. The number of carbonyl (C=O) groups excluding carboxylic acids is 1. The Morgan fingerprint density at radius 1 is 1.67 bits per heavy atom. The van der Waals surface area contributed by atoms with Crippen molar-refractivity contribution in [1.29, 1.82) is 0 Å². The molecule has 0 amide bonds. The predicted octanol–water partition coefficient (Wildman–Crippen LogP) is -0.348. The largest absolute Gasteiger partial charge is 0.334 e. The van der Waals surface area contributed by atoms with Crippen molar-refractivity contribution in [3.8, 4) is 0 Å². The van der Waals surface area contributed by atoms with Gasteiger partial charge in [0.05, 0.1) is 0 Å². The standard InChI is InChI=1S/C4H6O4S/c1-2-3-4(5)9(6,7)8-3/h3H,2H2,1H3. The SMILES string of the molecule is CCC1OS(=O)(=O)C1=O. The summed E-state index contributed by atoms with van der Waals surface area (Å²) in [5, 5.41) is -0.787. The average molecular weight is 150 g/mol. The van der Waals surface area contributed by atoms with Gasteiger partial charge in [-0.2, -0.15) is 8.42 Å². The van der Waals surface area contributed by atoms with E-state index in [9.17, 15) is 13.2 Å². The van der Waals surface area contributed by atoms with E-state index >= 15 is 0 Å². The Kier molecular flexibility index (Phi) is 1.32. The van der Waals surface area contributed by atoms with E-state index < -0.39 is 21.3 Å². The summed E-state index contributed by atoms with van der Waals surface area (Å²) < 4.78 is 24.6. The minimum atomic E-state index is -3.76. The molecule has 1 fully saturated rings. The number of hydrogen-bond acceptors (Lipinski definition) is 4. The zero-order chi connectivity index (χ0) is 7.07. The molecule has 1 rings (SSSR count). The van der Waals surface area contributed by atoms with Gasteiger partial charge in [-0.25, -0.2) is 0 Å². The summed E-state index contributed by atoms with van der Waals surface area (Å²) in [6.45, 7) is 1.69.